The van der Waals surface area contributed by atoms with Gasteiger partial charge in [-0.1, -0.05) is 43.2 Å². The summed E-state index contributed by atoms with van der Waals surface area (Å²) >= 11 is 0. The van der Waals surface area contributed by atoms with Crippen molar-refractivity contribution in [2.24, 2.45) is 5.92 Å². The summed E-state index contributed by atoms with van der Waals surface area (Å²) in [4.78, 5) is 0. The van der Waals surface area contributed by atoms with Crippen molar-refractivity contribution in [3.8, 4) is 0 Å². The Labute approximate surface area is 104 Å². The Bertz CT molecular complexity index is 306. The van der Waals surface area contributed by atoms with Gasteiger partial charge in [0.05, 0.1) is 12.7 Å². The lowest BCUT2D eigenvalue weighted by molar-refractivity contribution is 0.0306. The number of hydrogen-bond acceptors (Lipinski definition) is 2. The van der Waals surface area contributed by atoms with Crippen LogP contribution < -0.4 is 5.32 Å². The largest absolute Gasteiger partial charge is 0.372 e. The second-order valence-electron chi connectivity index (χ2n) is 4.94. The first-order chi connectivity index (χ1) is 8.40. The molecule has 0 spiro atoms. The zero-order valence-electron chi connectivity index (χ0n) is 10.7. The Morgan fingerprint density at radius 2 is 1.94 bits per heavy atom. The van der Waals surface area contributed by atoms with Crippen LogP contribution in [-0.4, -0.2) is 20.2 Å². The van der Waals surface area contributed by atoms with Gasteiger partial charge in [-0.3, -0.25) is 0 Å². The first-order valence-electron chi connectivity index (χ1n) is 6.71. The molecule has 0 radical (unpaired) electrons. The highest BCUT2D eigenvalue weighted by Crippen LogP contribution is 2.27. The molecular formula is C15H23NO. The molecule has 0 aromatic heterocycles. The standard InChI is InChI=1S/C15H23NO/c1-16-11-15(14-9-3-2-4-10-14)17-12-13-7-5-6-8-13/h2-4,9-10,13,15-16H,5-8,11-12H2,1H3. The fourth-order valence-corrected chi connectivity index (χ4v) is 2.56. The van der Waals surface area contributed by atoms with E-state index in [9.17, 15) is 0 Å². The van der Waals surface area contributed by atoms with Crippen molar-refractivity contribution in [3.05, 3.63) is 35.9 Å². The van der Waals surface area contributed by atoms with Gasteiger partial charge in [0.2, 0.25) is 0 Å². The normalized spacial score (nSPS) is 18.4. The van der Waals surface area contributed by atoms with Gasteiger partial charge in [-0.25, -0.2) is 0 Å². The zero-order valence-corrected chi connectivity index (χ0v) is 10.7. The van der Waals surface area contributed by atoms with Gasteiger partial charge in [-0.05, 0) is 31.4 Å². The summed E-state index contributed by atoms with van der Waals surface area (Å²) in [5.74, 6) is 0.790. The lowest BCUT2D eigenvalue weighted by atomic mass is 10.1. The molecule has 94 valence electrons. The predicted octanol–water partition coefficient (Wildman–Crippen LogP) is 3.15. The molecule has 0 bridgehead atoms. The third-order valence-corrected chi connectivity index (χ3v) is 3.57. The monoisotopic (exact) mass is 233 g/mol. The van der Waals surface area contributed by atoms with Gasteiger partial charge < -0.3 is 10.1 Å². The van der Waals surface area contributed by atoms with E-state index in [-0.39, 0.29) is 6.10 Å². The maximum absolute atomic E-state index is 6.09. The average molecular weight is 233 g/mol. The summed E-state index contributed by atoms with van der Waals surface area (Å²) < 4.78 is 6.09. The second-order valence-corrected chi connectivity index (χ2v) is 4.94. The summed E-state index contributed by atoms with van der Waals surface area (Å²) in [5.41, 5.74) is 1.28. The number of nitrogens with one attached hydrogen (secondary N) is 1. The molecule has 1 saturated carbocycles. The highest BCUT2D eigenvalue weighted by Gasteiger charge is 2.18. The minimum absolute atomic E-state index is 0.196. The summed E-state index contributed by atoms with van der Waals surface area (Å²) in [5, 5.41) is 3.22. The molecule has 1 unspecified atom stereocenters. The Kier molecular flexibility index (Phi) is 5.02. The van der Waals surface area contributed by atoms with Crippen molar-refractivity contribution in [2.45, 2.75) is 31.8 Å². The minimum atomic E-state index is 0.196. The molecule has 0 heterocycles. The van der Waals surface area contributed by atoms with Gasteiger partial charge in [-0.2, -0.15) is 0 Å². The highest BCUT2D eigenvalue weighted by atomic mass is 16.5. The highest BCUT2D eigenvalue weighted by molar-refractivity contribution is 5.17. The van der Waals surface area contributed by atoms with E-state index >= 15 is 0 Å². The van der Waals surface area contributed by atoms with Crippen LogP contribution in [0.15, 0.2) is 30.3 Å². The van der Waals surface area contributed by atoms with Crippen molar-refractivity contribution in [3.63, 3.8) is 0 Å². The van der Waals surface area contributed by atoms with Gasteiger partial charge in [0.15, 0.2) is 0 Å². The summed E-state index contributed by atoms with van der Waals surface area (Å²) in [7, 11) is 1.98. The van der Waals surface area contributed by atoms with E-state index in [1.807, 2.05) is 7.05 Å². The maximum atomic E-state index is 6.09. The van der Waals surface area contributed by atoms with Crippen LogP contribution >= 0.6 is 0 Å². The van der Waals surface area contributed by atoms with Crippen LogP contribution in [0, 0.1) is 5.92 Å². The topological polar surface area (TPSA) is 21.3 Å². The molecule has 1 N–H and O–H groups in total. The molecule has 2 heteroatoms. The SMILES string of the molecule is CNCC(OCC1CCCC1)c1ccccc1. The lowest BCUT2D eigenvalue weighted by Crippen LogP contribution is -2.21. The summed E-state index contributed by atoms with van der Waals surface area (Å²) in [6.07, 6.45) is 5.66. The third-order valence-electron chi connectivity index (χ3n) is 3.57. The molecule has 0 aliphatic heterocycles. The van der Waals surface area contributed by atoms with E-state index in [2.05, 4.69) is 35.6 Å². The Balaban J connectivity index is 1.88. The van der Waals surface area contributed by atoms with Gasteiger partial charge in [0.1, 0.15) is 0 Å². The first kappa shape index (κ1) is 12.6. The third kappa shape index (κ3) is 3.83. The smallest absolute Gasteiger partial charge is 0.0949 e. The predicted molar refractivity (Wildman–Crippen MR) is 71.0 cm³/mol. The Hall–Kier alpha value is -0.860. The number of likely N-dealkylation sites (N-methyl/N-ethyl adjacent to an activating group) is 1. The van der Waals surface area contributed by atoms with Gasteiger partial charge in [-0.15, -0.1) is 0 Å². The van der Waals surface area contributed by atoms with Crippen LogP contribution in [0.1, 0.15) is 37.4 Å². The molecule has 1 fully saturated rings. The van der Waals surface area contributed by atoms with Crippen LogP contribution in [0.2, 0.25) is 0 Å². The molecule has 17 heavy (non-hydrogen) atoms. The van der Waals surface area contributed by atoms with Crippen LogP contribution in [-0.2, 0) is 4.74 Å². The van der Waals surface area contributed by atoms with E-state index in [0.717, 1.165) is 19.1 Å². The van der Waals surface area contributed by atoms with Crippen LogP contribution in [0.3, 0.4) is 0 Å². The quantitative estimate of drug-likeness (QED) is 0.815. The van der Waals surface area contributed by atoms with Gasteiger partial charge >= 0.3 is 0 Å². The second kappa shape index (κ2) is 6.77. The van der Waals surface area contributed by atoms with Crippen molar-refractivity contribution in [1.82, 2.24) is 5.32 Å². The molecule has 1 atom stereocenters. The van der Waals surface area contributed by atoms with Crippen molar-refractivity contribution < 1.29 is 4.74 Å². The van der Waals surface area contributed by atoms with E-state index in [0.29, 0.717) is 0 Å². The molecule has 1 aliphatic rings. The molecule has 0 saturated heterocycles. The number of benzene rings is 1. The van der Waals surface area contributed by atoms with Crippen molar-refractivity contribution in [1.29, 1.82) is 0 Å². The maximum Gasteiger partial charge on any atom is 0.0949 e. The number of hydrogen-bond donors (Lipinski definition) is 1. The molecule has 0 amide bonds. The van der Waals surface area contributed by atoms with E-state index in [1.54, 1.807) is 0 Å². The average Bonchev–Trinajstić information content (AvgIpc) is 2.88. The number of rotatable bonds is 6. The Morgan fingerprint density at radius 1 is 1.24 bits per heavy atom. The van der Waals surface area contributed by atoms with Crippen LogP contribution in [0.5, 0.6) is 0 Å². The molecule has 2 nitrogen and oxygen atoms in total. The summed E-state index contributed by atoms with van der Waals surface area (Å²) in [6.45, 7) is 1.80. The van der Waals surface area contributed by atoms with Crippen LogP contribution in [0.25, 0.3) is 0 Å². The fourth-order valence-electron chi connectivity index (χ4n) is 2.56. The summed E-state index contributed by atoms with van der Waals surface area (Å²) in [6, 6.07) is 10.5. The molecule has 1 aliphatic carbocycles. The fraction of sp³-hybridized carbons (Fsp3) is 0.600. The van der Waals surface area contributed by atoms with Gasteiger partial charge in [0.25, 0.3) is 0 Å². The number of ether oxygens (including phenoxy) is 1. The van der Waals surface area contributed by atoms with E-state index < -0.39 is 0 Å². The van der Waals surface area contributed by atoms with E-state index in [1.165, 1.54) is 31.2 Å². The molecule has 1 aromatic carbocycles. The zero-order chi connectivity index (χ0) is 11.9. The molecule has 1 aromatic rings. The molecule has 2 rings (SSSR count). The first-order valence-corrected chi connectivity index (χ1v) is 6.71. The Morgan fingerprint density at radius 3 is 2.59 bits per heavy atom. The lowest BCUT2D eigenvalue weighted by Gasteiger charge is -2.20. The van der Waals surface area contributed by atoms with E-state index in [4.69, 9.17) is 4.74 Å². The van der Waals surface area contributed by atoms with Crippen molar-refractivity contribution >= 4 is 0 Å². The van der Waals surface area contributed by atoms with Crippen molar-refractivity contribution in [2.75, 3.05) is 20.2 Å². The minimum Gasteiger partial charge on any atom is -0.372 e. The van der Waals surface area contributed by atoms with Gasteiger partial charge in [0, 0.05) is 6.54 Å². The van der Waals surface area contributed by atoms with Crippen LogP contribution in [0.4, 0.5) is 0 Å². The molecular weight excluding hydrogens is 210 g/mol.